The zero-order valence-corrected chi connectivity index (χ0v) is 18.0. The number of sulfonamides is 1. The van der Waals surface area contributed by atoms with Gasteiger partial charge in [-0.05, 0) is 51.0 Å². The van der Waals surface area contributed by atoms with Crippen molar-refractivity contribution in [1.82, 2.24) is 24.9 Å². The first-order valence-electron chi connectivity index (χ1n) is 9.51. The third kappa shape index (κ3) is 4.62. The summed E-state index contributed by atoms with van der Waals surface area (Å²) >= 11 is 0. The third-order valence-electron chi connectivity index (χ3n) is 4.82. The summed E-state index contributed by atoms with van der Waals surface area (Å²) in [7, 11) is -2.41. The summed E-state index contributed by atoms with van der Waals surface area (Å²) in [5.41, 5.74) is 6.31. The van der Waals surface area contributed by atoms with E-state index >= 15 is 0 Å². The van der Waals surface area contributed by atoms with Gasteiger partial charge in [-0.15, -0.1) is 0 Å². The Morgan fingerprint density at radius 3 is 2.43 bits per heavy atom. The summed E-state index contributed by atoms with van der Waals surface area (Å²) in [6.07, 6.45) is 1.59. The number of carbonyl (C=O) groups is 2. The second-order valence-corrected chi connectivity index (χ2v) is 8.97. The standard InChI is InChI=1S/C19H25N5O5S/c1-13-10-14(2)24(22-13)12-18(25)20-21-19(26)15-6-7-16(29-3)17(11-15)30(27,28)23-8-4-5-9-23/h6-7,10-11H,4-5,8-9,12H2,1-3H3,(H,20,25)(H,21,26). The lowest BCUT2D eigenvalue weighted by molar-refractivity contribution is -0.122. The van der Waals surface area contributed by atoms with E-state index in [1.807, 2.05) is 19.9 Å². The number of rotatable bonds is 6. The second kappa shape index (κ2) is 8.84. The van der Waals surface area contributed by atoms with Crippen molar-refractivity contribution >= 4 is 21.8 Å². The molecule has 0 saturated carbocycles. The maximum Gasteiger partial charge on any atom is 0.269 e. The quantitative estimate of drug-likeness (QED) is 0.646. The average Bonchev–Trinajstić information content (AvgIpc) is 3.36. The second-order valence-electron chi connectivity index (χ2n) is 7.06. The van der Waals surface area contributed by atoms with E-state index in [4.69, 9.17) is 4.74 Å². The van der Waals surface area contributed by atoms with Crippen molar-refractivity contribution in [2.75, 3.05) is 20.2 Å². The Balaban J connectivity index is 1.71. The van der Waals surface area contributed by atoms with Crippen molar-refractivity contribution in [2.24, 2.45) is 0 Å². The van der Waals surface area contributed by atoms with Crippen LogP contribution in [0.1, 0.15) is 34.6 Å². The van der Waals surface area contributed by atoms with Gasteiger partial charge >= 0.3 is 0 Å². The molecule has 0 spiro atoms. The Kier molecular flexibility index (Phi) is 6.42. The summed E-state index contributed by atoms with van der Waals surface area (Å²) in [6, 6.07) is 5.96. The van der Waals surface area contributed by atoms with Crippen LogP contribution in [0.2, 0.25) is 0 Å². The van der Waals surface area contributed by atoms with Gasteiger partial charge in [-0.2, -0.15) is 9.40 Å². The fourth-order valence-electron chi connectivity index (χ4n) is 3.30. The highest BCUT2D eigenvalue weighted by molar-refractivity contribution is 7.89. The molecular weight excluding hydrogens is 410 g/mol. The Morgan fingerprint density at radius 2 is 1.83 bits per heavy atom. The smallest absolute Gasteiger partial charge is 0.269 e. The van der Waals surface area contributed by atoms with Crippen LogP contribution >= 0.6 is 0 Å². The molecule has 1 aliphatic heterocycles. The highest BCUT2D eigenvalue weighted by Gasteiger charge is 2.30. The van der Waals surface area contributed by atoms with Crippen LogP contribution in [-0.2, 0) is 21.4 Å². The molecular formula is C19H25N5O5S. The van der Waals surface area contributed by atoms with E-state index in [9.17, 15) is 18.0 Å². The van der Waals surface area contributed by atoms with E-state index in [2.05, 4.69) is 16.0 Å². The molecule has 1 saturated heterocycles. The molecule has 30 heavy (non-hydrogen) atoms. The molecule has 2 heterocycles. The van der Waals surface area contributed by atoms with Crippen molar-refractivity contribution in [3.63, 3.8) is 0 Å². The molecule has 0 aliphatic carbocycles. The zero-order chi connectivity index (χ0) is 21.9. The van der Waals surface area contributed by atoms with E-state index in [-0.39, 0.29) is 22.8 Å². The molecule has 3 rings (SSSR count). The number of methoxy groups -OCH3 is 1. The van der Waals surface area contributed by atoms with Gasteiger partial charge in [-0.25, -0.2) is 8.42 Å². The Hall–Kier alpha value is -2.92. The van der Waals surface area contributed by atoms with Crippen LogP contribution in [0.25, 0.3) is 0 Å². The molecule has 1 fully saturated rings. The molecule has 0 unspecified atom stereocenters. The largest absolute Gasteiger partial charge is 0.495 e. The molecule has 2 aromatic rings. The van der Waals surface area contributed by atoms with Crippen LogP contribution in [-0.4, -0.2) is 54.5 Å². The summed E-state index contributed by atoms with van der Waals surface area (Å²) in [5.74, 6) is -0.947. The first-order valence-corrected chi connectivity index (χ1v) is 10.9. The minimum Gasteiger partial charge on any atom is -0.495 e. The van der Waals surface area contributed by atoms with Crippen molar-refractivity contribution in [2.45, 2.75) is 38.1 Å². The number of carbonyl (C=O) groups excluding carboxylic acids is 2. The first-order chi connectivity index (χ1) is 14.2. The topological polar surface area (TPSA) is 123 Å². The van der Waals surface area contributed by atoms with Gasteiger partial charge in [-0.1, -0.05) is 0 Å². The van der Waals surface area contributed by atoms with Gasteiger partial charge in [0.1, 0.15) is 17.2 Å². The fraction of sp³-hybridized carbons (Fsp3) is 0.421. The monoisotopic (exact) mass is 435 g/mol. The number of aryl methyl sites for hydroxylation is 2. The van der Waals surface area contributed by atoms with Gasteiger partial charge < -0.3 is 4.74 Å². The zero-order valence-electron chi connectivity index (χ0n) is 17.1. The van der Waals surface area contributed by atoms with Crippen LogP contribution in [0.3, 0.4) is 0 Å². The molecule has 1 aromatic heterocycles. The lowest BCUT2D eigenvalue weighted by Crippen LogP contribution is -2.43. The Bertz CT molecular complexity index is 1060. The molecule has 0 atom stereocenters. The third-order valence-corrected chi connectivity index (χ3v) is 6.74. The van der Waals surface area contributed by atoms with E-state index in [0.717, 1.165) is 24.2 Å². The van der Waals surface area contributed by atoms with Crippen LogP contribution in [0.4, 0.5) is 0 Å². The van der Waals surface area contributed by atoms with Crippen LogP contribution in [0.15, 0.2) is 29.2 Å². The molecule has 1 aliphatic rings. The number of hydrogen-bond donors (Lipinski definition) is 2. The number of benzene rings is 1. The fourth-order valence-corrected chi connectivity index (χ4v) is 4.99. The molecule has 0 radical (unpaired) electrons. The predicted molar refractivity (Wildman–Crippen MR) is 108 cm³/mol. The van der Waals surface area contributed by atoms with Crippen molar-refractivity contribution < 1.29 is 22.7 Å². The minimum absolute atomic E-state index is 0.0584. The van der Waals surface area contributed by atoms with Gasteiger partial charge in [0.05, 0.1) is 12.8 Å². The van der Waals surface area contributed by atoms with Gasteiger partial charge in [-0.3, -0.25) is 25.1 Å². The van der Waals surface area contributed by atoms with Crippen LogP contribution in [0.5, 0.6) is 5.75 Å². The summed E-state index contributed by atoms with van der Waals surface area (Å²) < 4.78 is 33.9. The maximum atomic E-state index is 12.9. The first kappa shape index (κ1) is 21.8. The minimum atomic E-state index is -3.78. The van der Waals surface area contributed by atoms with Gasteiger partial charge in [0.25, 0.3) is 11.8 Å². The molecule has 0 bridgehead atoms. The molecule has 2 N–H and O–H groups in total. The summed E-state index contributed by atoms with van der Waals surface area (Å²) in [6.45, 7) is 4.46. The molecule has 10 nitrogen and oxygen atoms in total. The highest BCUT2D eigenvalue weighted by Crippen LogP contribution is 2.29. The SMILES string of the molecule is COc1ccc(C(=O)NNC(=O)Cn2nc(C)cc2C)cc1S(=O)(=O)N1CCCC1. The number of hydrogen-bond acceptors (Lipinski definition) is 6. The number of hydrazine groups is 1. The average molecular weight is 436 g/mol. The molecule has 1 aromatic carbocycles. The molecule has 2 amide bonds. The lowest BCUT2D eigenvalue weighted by Gasteiger charge is -2.18. The summed E-state index contributed by atoms with van der Waals surface area (Å²) in [5, 5.41) is 4.19. The van der Waals surface area contributed by atoms with Gasteiger partial charge in [0, 0.05) is 24.3 Å². The van der Waals surface area contributed by atoms with Crippen LogP contribution < -0.4 is 15.6 Å². The predicted octanol–water partition coefficient (Wildman–Crippen LogP) is 0.754. The number of nitrogens with one attached hydrogen (secondary N) is 2. The van der Waals surface area contributed by atoms with E-state index in [0.29, 0.717) is 13.1 Å². The van der Waals surface area contributed by atoms with E-state index in [1.54, 1.807) is 0 Å². The highest BCUT2D eigenvalue weighted by atomic mass is 32.2. The van der Waals surface area contributed by atoms with Gasteiger partial charge in [0.2, 0.25) is 10.0 Å². The number of amides is 2. The van der Waals surface area contributed by atoms with Crippen molar-refractivity contribution in [1.29, 1.82) is 0 Å². The molecule has 162 valence electrons. The van der Waals surface area contributed by atoms with Crippen molar-refractivity contribution in [3.8, 4) is 5.75 Å². The normalized spacial score (nSPS) is 14.5. The number of ether oxygens (including phenoxy) is 1. The summed E-state index contributed by atoms with van der Waals surface area (Å²) in [4.78, 5) is 24.5. The van der Waals surface area contributed by atoms with E-state index in [1.165, 1.54) is 34.3 Å². The number of aromatic nitrogens is 2. The lowest BCUT2D eigenvalue weighted by atomic mass is 10.2. The Labute approximate surface area is 175 Å². The molecule has 11 heteroatoms. The number of nitrogens with zero attached hydrogens (tertiary/aromatic N) is 3. The maximum absolute atomic E-state index is 12.9. The Morgan fingerprint density at radius 1 is 1.13 bits per heavy atom. The van der Waals surface area contributed by atoms with E-state index < -0.39 is 21.8 Å². The van der Waals surface area contributed by atoms with Crippen LogP contribution in [0, 0.1) is 13.8 Å². The van der Waals surface area contributed by atoms with Gasteiger partial charge in [0.15, 0.2) is 0 Å². The van der Waals surface area contributed by atoms with Crippen molar-refractivity contribution in [3.05, 3.63) is 41.2 Å².